The first-order chi connectivity index (χ1) is 9.60. The molecule has 0 radical (unpaired) electrons. The number of esters is 1. The molecule has 1 amide bonds. The number of hydrogen-bond acceptors (Lipinski definition) is 4. The van der Waals surface area contributed by atoms with Gasteiger partial charge in [0.2, 0.25) is 5.91 Å². The maximum atomic E-state index is 11.3. The molecule has 2 aromatic rings. The van der Waals surface area contributed by atoms with E-state index in [2.05, 4.69) is 4.74 Å². The third-order valence-corrected chi connectivity index (χ3v) is 2.63. The topological polar surface area (TPSA) is 82.5 Å². The average Bonchev–Trinajstić information content (AvgIpc) is 2.93. The van der Waals surface area contributed by atoms with Gasteiger partial charge in [0.15, 0.2) is 0 Å². The van der Waals surface area contributed by atoms with Crippen LogP contribution in [0.4, 0.5) is 0 Å². The number of methoxy groups -OCH3 is 1. The molecule has 1 heterocycles. The van der Waals surface area contributed by atoms with Crippen LogP contribution in [0.5, 0.6) is 0 Å². The van der Waals surface area contributed by atoms with E-state index in [1.54, 1.807) is 36.4 Å². The maximum absolute atomic E-state index is 11.3. The van der Waals surface area contributed by atoms with Crippen molar-refractivity contribution in [2.24, 2.45) is 5.73 Å². The van der Waals surface area contributed by atoms with Crippen molar-refractivity contribution in [1.82, 2.24) is 0 Å². The van der Waals surface area contributed by atoms with Gasteiger partial charge in [0.1, 0.15) is 11.5 Å². The van der Waals surface area contributed by atoms with Crippen LogP contribution in [0.2, 0.25) is 0 Å². The average molecular weight is 271 g/mol. The molecule has 0 unspecified atom stereocenters. The Morgan fingerprint density at radius 1 is 1.15 bits per heavy atom. The van der Waals surface area contributed by atoms with Crippen LogP contribution in [0.25, 0.3) is 17.4 Å². The van der Waals surface area contributed by atoms with E-state index >= 15 is 0 Å². The predicted molar refractivity (Wildman–Crippen MR) is 73.7 cm³/mol. The van der Waals surface area contributed by atoms with E-state index < -0.39 is 5.91 Å². The van der Waals surface area contributed by atoms with Crippen molar-refractivity contribution >= 4 is 18.0 Å². The number of furan rings is 1. The van der Waals surface area contributed by atoms with Gasteiger partial charge in [-0.3, -0.25) is 4.79 Å². The molecular formula is C15H13NO4. The summed E-state index contributed by atoms with van der Waals surface area (Å²) in [4.78, 5) is 21.9. The van der Waals surface area contributed by atoms with Crippen LogP contribution in [-0.2, 0) is 9.53 Å². The van der Waals surface area contributed by atoms with E-state index in [1.165, 1.54) is 19.3 Å². The number of rotatable bonds is 4. The van der Waals surface area contributed by atoms with E-state index in [9.17, 15) is 9.59 Å². The third-order valence-electron chi connectivity index (χ3n) is 2.63. The molecule has 0 saturated heterocycles. The van der Waals surface area contributed by atoms with Crippen molar-refractivity contribution in [3.63, 3.8) is 0 Å². The number of nitrogens with two attached hydrogens (primary N) is 1. The van der Waals surface area contributed by atoms with Gasteiger partial charge in [-0.2, -0.15) is 0 Å². The molecule has 1 aromatic heterocycles. The molecule has 0 aliphatic heterocycles. The zero-order chi connectivity index (χ0) is 14.5. The Labute approximate surface area is 115 Å². The Balaban J connectivity index is 2.20. The summed E-state index contributed by atoms with van der Waals surface area (Å²) in [5.74, 6) is 0.229. The Bertz CT molecular complexity index is 653. The molecule has 0 fully saturated rings. The summed E-state index contributed by atoms with van der Waals surface area (Å²) in [6.45, 7) is 0. The smallest absolute Gasteiger partial charge is 0.337 e. The third kappa shape index (κ3) is 3.14. The van der Waals surface area contributed by atoms with Crippen molar-refractivity contribution < 1.29 is 18.7 Å². The molecule has 2 N–H and O–H groups in total. The summed E-state index contributed by atoms with van der Waals surface area (Å²) < 4.78 is 10.2. The van der Waals surface area contributed by atoms with Crippen LogP contribution < -0.4 is 5.73 Å². The molecule has 0 bridgehead atoms. The minimum absolute atomic E-state index is 0.388. The van der Waals surface area contributed by atoms with Crippen LogP contribution >= 0.6 is 0 Å². The van der Waals surface area contributed by atoms with Gasteiger partial charge >= 0.3 is 5.97 Å². The van der Waals surface area contributed by atoms with Gasteiger partial charge in [-0.05, 0) is 30.3 Å². The Morgan fingerprint density at radius 2 is 1.85 bits per heavy atom. The molecule has 5 heteroatoms. The molecule has 0 spiro atoms. The molecular weight excluding hydrogens is 258 g/mol. The predicted octanol–water partition coefficient (Wildman–Crippen LogP) is 2.23. The number of benzene rings is 1. The van der Waals surface area contributed by atoms with Crippen LogP contribution in [-0.4, -0.2) is 19.0 Å². The van der Waals surface area contributed by atoms with E-state index in [1.807, 2.05) is 0 Å². The zero-order valence-corrected chi connectivity index (χ0v) is 10.8. The zero-order valence-electron chi connectivity index (χ0n) is 10.8. The maximum Gasteiger partial charge on any atom is 0.337 e. The molecule has 0 aliphatic carbocycles. The quantitative estimate of drug-likeness (QED) is 0.682. The van der Waals surface area contributed by atoms with E-state index in [4.69, 9.17) is 10.2 Å². The number of hydrogen-bond donors (Lipinski definition) is 1. The van der Waals surface area contributed by atoms with Crippen LogP contribution in [0.3, 0.4) is 0 Å². The van der Waals surface area contributed by atoms with Crippen LogP contribution in [0.15, 0.2) is 46.9 Å². The van der Waals surface area contributed by atoms with Gasteiger partial charge < -0.3 is 14.9 Å². The van der Waals surface area contributed by atoms with E-state index in [0.29, 0.717) is 17.1 Å². The monoisotopic (exact) mass is 271 g/mol. The molecule has 0 saturated carbocycles. The highest BCUT2D eigenvalue weighted by Gasteiger charge is 2.07. The minimum Gasteiger partial charge on any atom is -0.465 e. The second-order valence-corrected chi connectivity index (χ2v) is 4.01. The Kier molecular flexibility index (Phi) is 4.00. The van der Waals surface area contributed by atoms with Gasteiger partial charge in [-0.1, -0.05) is 12.1 Å². The van der Waals surface area contributed by atoms with Crippen LogP contribution in [0.1, 0.15) is 16.1 Å². The van der Waals surface area contributed by atoms with Gasteiger partial charge in [0, 0.05) is 11.6 Å². The van der Waals surface area contributed by atoms with Crippen molar-refractivity contribution in [2.45, 2.75) is 0 Å². The SMILES string of the molecule is COC(=O)c1ccc(-c2ccc(C=CC(N)=O)o2)cc1. The standard InChI is InChI=1S/C15H13NO4/c1-19-15(18)11-4-2-10(3-5-11)13-8-6-12(20-13)7-9-14(16)17/h2-9H,1H3,(H2,16,17). The summed E-state index contributed by atoms with van der Waals surface area (Å²) in [5.41, 5.74) is 6.29. The minimum atomic E-state index is -0.537. The number of carbonyl (C=O) groups is 2. The highest BCUT2D eigenvalue weighted by Crippen LogP contribution is 2.23. The number of amides is 1. The number of carbonyl (C=O) groups excluding carboxylic acids is 2. The second-order valence-electron chi connectivity index (χ2n) is 4.01. The lowest BCUT2D eigenvalue weighted by Crippen LogP contribution is -2.04. The fourth-order valence-electron chi connectivity index (χ4n) is 1.65. The van der Waals surface area contributed by atoms with Gasteiger partial charge in [-0.25, -0.2) is 4.79 Å². The van der Waals surface area contributed by atoms with Gasteiger partial charge in [-0.15, -0.1) is 0 Å². The molecule has 0 atom stereocenters. The fourth-order valence-corrected chi connectivity index (χ4v) is 1.65. The molecule has 1 aromatic carbocycles. The first-order valence-corrected chi connectivity index (χ1v) is 5.86. The van der Waals surface area contributed by atoms with Crippen molar-refractivity contribution in [3.8, 4) is 11.3 Å². The van der Waals surface area contributed by atoms with Gasteiger partial charge in [0.25, 0.3) is 0 Å². The Morgan fingerprint density at radius 3 is 2.45 bits per heavy atom. The van der Waals surface area contributed by atoms with Crippen molar-refractivity contribution in [3.05, 3.63) is 53.8 Å². The summed E-state index contributed by atoms with van der Waals surface area (Å²) in [6.07, 6.45) is 2.72. The van der Waals surface area contributed by atoms with Crippen LogP contribution in [0, 0.1) is 0 Å². The highest BCUT2D eigenvalue weighted by atomic mass is 16.5. The lowest BCUT2D eigenvalue weighted by atomic mass is 10.1. The largest absolute Gasteiger partial charge is 0.465 e. The molecule has 2 rings (SSSR count). The van der Waals surface area contributed by atoms with E-state index in [0.717, 1.165) is 5.56 Å². The number of primary amides is 1. The number of ether oxygens (including phenoxy) is 1. The molecule has 0 aliphatic rings. The lowest BCUT2D eigenvalue weighted by Gasteiger charge is -2.00. The summed E-state index contributed by atoms with van der Waals surface area (Å²) >= 11 is 0. The fraction of sp³-hybridized carbons (Fsp3) is 0.0667. The summed E-state index contributed by atoms with van der Waals surface area (Å²) in [5, 5.41) is 0. The first kappa shape index (κ1) is 13.6. The summed E-state index contributed by atoms with van der Waals surface area (Å²) in [7, 11) is 1.33. The molecule has 20 heavy (non-hydrogen) atoms. The molecule has 5 nitrogen and oxygen atoms in total. The lowest BCUT2D eigenvalue weighted by molar-refractivity contribution is -0.113. The normalized spacial score (nSPS) is 10.7. The van der Waals surface area contributed by atoms with Crippen molar-refractivity contribution in [2.75, 3.05) is 7.11 Å². The Hall–Kier alpha value is -2.82. The highest BCUT2D eigenvalue weighted by molar-refractivity contribution is 5.90. The molecule has 102 valence electrons. The first-order valence-electron chi connectivity index (χ1n) is 5.86. The van der Waals surface area contributed by atoms with E-state index in [-0.39, 0.29) is 5.97 Å². The van der Waals surface area contributed by atoms with Crippen molar-refractivity contribution in [1.29, 1.82) is 0 Å². The second kappa shape index (κ2) is 5.88. The van der Waals surface area contributed by atoms with Gasteiger partial charge in [0.05, 0.1) is 12.7 Å². The summed E-state index contributed by atoms with van der Waals surface area (Å²) in [6, 6.07) is 10.3.